The smallest absolute Gasteiger partial charge is 0.228 e. The van der Waals surface area contributed by atoms with E-state index in [9.17, 15) is 9.18 Å². The number of hydrogen-bond acceptors (Lipinski definition) is 3. The lowest BCUT2D eigenvalue weighted by Gasteiger charge is -2.11. The molecule has 0 radical (unpaired) electrons. The predicted octanol–water partition coefficient (Wildman–Crippen LogP) is 3.35. The van der Waals surface area contributed by atoms with Gasteiger partial charge in [-0.2, -0.15) is 0 Å². The van der Waals surface area contributed by atoms with Crippen molar-refractivity contribution in [1.82, 2.24) is 0 Å². The molecular formula is C14H10ClFN2O2. The third kappa shape index (κ3) is 2.28. The Hall–Kier alpha value is -2.27. The van der Waals surface area contributed by atoms with E-state index >= 15 is 0 Å². The van der Waals surface area contributed by atoms with Gasteiger partial charge >= 0.3 is 0 Å². The molecule has 102 valence electrons. The molecule has 6 heteroatoms. The molecule has 0 bridgehead atoms. The van der Waals surface area contributed by atoms with Crippen molar-refractivity contribution in [3.8, 4) is 11.5 Å². The molecule has 0 saturated heterocycles. The molecule has 0 saturated carbocycles. The Kier molecular flexibility index (Phi) is 2.99. The van der Waals surface area contributed by atoms with E-state index in [2.05, 4.69) is 5.32 Å². The van der Waals surface area contributed by atoms with Gasteiger partial charge in [-0.05, 0) is 29.8 Å². The van der Waals surface area contributed by atoms with Crippen LogP contribution in [0.4, 0.5) is 15.8 Å². The van der Waals surface area contributed by atoms with Gasteiger partial charge < -0.3 is 15.8 Å². The minimum Gasteiger partial charge on any atom is -0.454 e. The van der Waals surface area contributed by atoms with Crippen LogP contribution in [0, 0.1) is 5.82 Å². The van der Waals surface area contributed by atoms with Crippen LogP contribution in [0.25, 0.3) is 0 Å². The van der Waals surface area contributed by atoms with Crippen molar-refractivity contribution >= 4 is 28.9 Å². The van der Waals surface area contributed by atoms with Crippen LogP contribution in [-0.4, -0.2) is 5.91 Å². The summed E-state index contributed by atoms with van der Waals surface area (Å²) in [7, 11) is 0. The maximum Gasteiger partial charge on any atom is 0.228 e. The van der Waals surface area contributed by atoms with E-state index in [0.29, 0.717) is 29.3 Å². The second-order valence-electron chi connectivity index (χ2n) is 4.45. The lowest BCUT2D eigenvalue weighted by atomic mass is 10.1. The third-order valence-electron chi connectivity index (χ3n) is 2.97. The molecule has 3 N–H and O–H groups in total. The highest BCUT2D eigenvalue weighted by Gasteiger charge is 2.20. The molecule has 0 spiro atoms. The molecule has 3 rings (SSSR count). The second kappa shape index (κ2) is 4.68. The molecular weight excluding hydrogens is 283 g/mol. The number of nitrogens with two attached hydrogens (primary N) is 1. The van der Waals surface area contributed by atoms with Gasteiger partial charge in [-0.3, -0.25) is 4.79 Å². The lowest BCUT2D eigenvalue weighted by molar-refractivity contribution is -0.115. The summed E-state index contributed by atoms with van der Waals surface area (Å²) in [6.07, 6.45) is 0.303. The predicted molar refractivity (Wildman–Crippen MR) is 74.7 cm³/mol. The van der Waals surface area contributed by atoms with Gasteiger partial charge in [0.25, 0.3) is 0 Å². The van der Waals surface area contributed by atoms with Crippen molar-refractivity contribution in [3.05, 3.63) is 46.7 Å². The molecule has 0 aromatic heterocycles. The van der Waals surface area contributed by atoms with E-state index in [1.54, 1.807) is 12.1 Å². The first-order valence-corrected chi connectivity index (χ1v) is 6.26. The molecule has 20 heavy (non-hydrogen) atoms. The van der Waals surface area contributed by atoms with E-state index < -0.39 is 5.82 Å². The van der Waals surface area contributed by atoms with E-state index in [1.807, 2.05) is 0 Å². The van der Waals surface area contributed by atoms with Crippen molar-refractivity contribution in [2.75, 3.05) is 11.1 Å². The Morgan fingerprint density at radius 3 is 2.80 bits per heavy atom. The summed E-state index contributed by atoms with van der Waals surface area (Å²) < 4.78 is 18.6. The molecule has 1 heterocycles. The van der Waals surface area contributed by atoms with Crippen LogP contribution in [0.15, 0.2) is 30.3 Å². The highest BCUT2D eigenvalue weighted by molar-refractivity contribution is 6.32. The number of benzene rings is 2. The van der Waals surface area contributed by atoms with Gasteiger partial charge in [0.05, 0.1) is 17.1 Å². The number of rotatable bonds is 2. The number of hydrogen-bond donors (Lipinski definition) is 2. The van der Waals surface area contributed by atoms with Gasteiger partial charge in [0.15, 0.2) is 5.75 Å². The van der Waals surface area contributed by atoms with Gasteiger partial charge in [-0.15, -0.1) is 0 Å². The number of ether oxygens (including phenoxy) is 1. The largest absolute Gasteiger partial charge is 0.454 e. The van der Waals surface area contributed by atoms with Gasteiger partial charge in [0, 0.05) is 11.8 Å². The van der Waals surface area contributed by atoms with Crippen molar-refractivity contribution in [3.63, 3.8) is 0 Å². The molecule has 4 nitrogen and oxygen atoms in total. The fourth-order valence-electron chi connectivity index (χ4n) is 2.04. The minimum absolute atomic E-state index is 0.0867. The number of nitrogen functional groups attached to an aromatic ring is 1. The van der Waals surface area contributed by atoms with Gasteiger partial charge in [0.1, 0.15) is 11.6 Å². The topological polar surface area (TPSA) is 64.3 Å². The highest BCUT2D eigenvalue weighted by atomic mass is 35.5. The van der Waals surface area contributed by atoms with Crippen molar-refractivity contribution in [2.24, 2.45) is 0 Å². The highest BCUT2D eigenvalue weighted by Crippen LogP contribution is 2.37. The first-order valence-electron chi connectivity index (χ1n) is 5.88. The summed E-state index contributed by atoms with van der Waals surface area (Å²) in [5, 5.41) is 2.85. The number of halogens is 2. The Balaban J connectivity index is 1.95. The van der Waals surface area contributed by atoms with Crippen molar-refractivity contribution in [1.29, 1.82) is 0 Å². The number of carbonyl (C=O) groups is 1. The van der Waals surface area contributed by atoms with E-state index in [1.165, 1.54) is 12.1 Å². The fourth-order valence-corrected chi connectivity index (χ4v) is 2.24. The van der Waals surface area contributed by atoms with Crippen LogP contribution < -0.4 is 15.8 Å². The van der Waals surface area contributed by atoms with E-state index in [0.717, 1.165) is 11.6 Å². The SMILES string of the molecule is Nc1cc2c(cc1Oc1ccc(F)cc1Cl)NC(=O)C2. The molecule has 0 atom stereocenters. The zero-order chi connectivity index (χ0) is 14.3. The molecule has 0 unspecified atom stereocenters. The summed E-state index contributed by atoms with van der Waals surface area (Å²) in [6.45, 7) is 0. The average molecular weight is 293 g/mol. The van der Waals surface area contributed by atoms with Crippen LogP contribution in [0.5, 0.6) is 11.5 Å². The zero-order valence-corrected chi connectivity index (χ0v) is 11.0. The molecule has 1 aliphatic heterocycles. The number of nitrogens with one attached hydrogen (secondary N) is 1. The zero-order valence-electron chi connectivity index (χ0n) is 10.2. The average Bonchev–Trinajstić information content (AvgIpc) is 2.72. The fraction of sp³-hybridized carbons (Fsp3) is 0.0714. The maximum absolute atomic E-state index is 13.0. The van der Waals surface area contributed by atoms with Crippen LogP contribution in [0.2, 0.25) is 5.02 Å². The number of amides is 1. The van der Waals surface area contributed by atoms with Crippen molar-refractivity contribution < 1.29 is 13.9 Å². The standard InChI is InChI=1S/C14H10ClFN2O2/c15-9-5-8(16)1-2-12(9)20-13-6-11-7(3-10(13)17)4-14(19)18-11/h1-3,5-6H,4,17H2,(H,18,19). The van der Waals surface area contributed by atoms with Crippen LogP contribution >= 0.6 is 11.6 Å². The number of carbonyl (C=O) groups excluding carboxylic acids is 1. The molecule has 2 aromatic rings. The maximum atomic E-state index is 13.0. The summed E-state index contributed by atoms with van der Waals surface area (Å²) in [5.41, 5.74) is 7.76. The summed E-state index contributed by atoms with van der Waals surface area (Å²) in [5.74, 6) is 0.122. The van der Waals surface area contributed by atoms with E-state index in [-0.39, 0.29) is 10.9 Å². The normalized spacial score (nSPS) is 13.0. The monoisotopic (exact) mass is 292 g/mol. The summed E-state index contributed by atoms with van der Waals surface area (Å²) in [6, 6.07) is 7.13. The van der Waals surface area contributed by atoms with Crippen LogP contribution in [0.3, 0.4) is 0 Å². The Bertz CT molecular complexity index is 719. The molecule has 0 aliphatic carbocycles. The van der Waals surface area contributed by atoms with E-state index in [4.69, 9.17) is 22.1 Å². The molecule has 2 aromatic carbocycles. The first kappa shape index (κ1) is 12.7. The molecule has 0 fully saturated rings. The molecule has 1 amide bonds. The molecule has 1 aliphatic rings. The first-order chi connectivity index (χ1) is 9.52. The number of fused-ring (bicyclic) bond motifs is 1. The minimum atomic E-state index is -0.448. The van der Waals surface area contributed by atoms with Gasteiger partial charge in [0.2, 0.25) is 5.91 Å². The summed E-state index contributed by atoms with van der Waals surface area (Å²) >= 11 is 5.90. The lowest BCUT2D eigenvalue weighted by Crippen LogP contribution is -2.03. The quantitative estimate of drug-likeness (QED) is 0.834. The summed E-state index contributed by atoms with van der Waals surface area (Å²) in [4.78, 5) is 11.3. The Labute approximate surface area is 119 Å². The van der Waals surface area contributed by atoms with Gasteiger partial charge in [-0.1, -0.05) is 11.6 Å². The van der Waals surface area contributed by atoms with Crippen LogP contribution in [-0.2, 0) is 11.2 Å². The Morgan fingerprint density at radius 2 is 2.05 bits per heavy atom. The van der Waals surface area contributed by atoms with Crippen molar-refractivity contribution in [2.45, 2.75) is 6.42 Å². The number of anilines is 2. The Morgan fingerprint density at radius 1 is 1.25 bits per heavy atom. The van der Waals surface area contributed by atoms with Crippen LogP contribution in [0.1, 0.15) is 5.56 Å². The van der Waals surface area contributed by atoms with Gasteiger partial charge in [-0.25, -0.2) is 4.39 Å². The second-order valence-corrected chi connectivity index (χ2v) is 4.86. The third-order valence-corrected chi connectivity index (χ3v) is 3.27.